The summed E-state index contributed by atoms with van der Waals surface area (Å²) < 4.78 is 1.65. The normalized spacial score (nSPS) is 19.8. The zero-order valence-corrected chi connectivity index (χ0v) is 18.7. The highest BCUT2D eigenvalue weighted by Gasteiger charge is 2.41. The number of hydrogen-bond acceptors (Lipinski definition) is 5. The largest absolute Gasteiger partial charge is 0.465 e. The topological polar surface area (TPSA) is 137 Å². The predicted molar refractivity (Wildman–Crippen MR) is 120 cm³/mol. The van der Waals surface area contributed by atoms with Crippen LogP contribution in [0.1, 0.15) is 56.4 Å². The number of nitrogens with two attached hydrogens (primary N) is 1. The number of piperidine rings is 1. The number of benzene rings is 1. The Balaban J connectivity index is 1.93. The second kappa shape index (κ2) is 9.30. The molecule has 1 aromatic carbocycles. The molecule has 2 heterocycles. The summed E-state index contributed by atoms with van der Waals surface area (Å²) in [5.41, 5.74) is 6.35. The van der Waals surface area contributed by atoms with Crippen LogP contribution in [0.25, 0.3) is 0 Å². The summed E-state index contributed by atoms with van der Waals surface area (Å²) in [5, 5.41) is 26.9. The molecule has 170 valence electrons. The summed E-state index contributed by atoms with van der Waals surface area (Å²) in [7, 11) is 0. The summed E-state index contributed by atoms with van der Waals surface area (Å²) in [4.78, 5) is 25.4. The molecule has 3 atom stereocenters. The van der Waals surface area contributed by atoms with E-state index in [0.29, 0.717) is 25.2 Å². The van der Waals surface area contributed by atoms with Crippen molar-refractivity contribution in [2.24, 2.45) is 17.1 Å². The molecular weight excluding hydrogens is 408 g/mol. The lowest BCUT2D eigenvalue weighted by Gasteiger charge is -2.46. The van der Waals surface area contributed by atoms with E-state index in [0.717, 1.165) is 5.69 Å². The summed E-state index contributed by atoms with van der Waals surface area (Å²) in [6, 6.07) is 11.1. The maximum atomic E-state index is 12.1. The molecule has 1 aliphatic heterocycles. The third-order valence-electron chi connectivity index (χ3n) is 6.11. The monoisotopic (exact) mass is 438 g/mol. The minimum Gasteiger partial charge on any atom is -0.465 e. The summed E-state index contributed by atoms with van der Waals surface area (Å²) in [6.45, 7) is 6.46. The van der Waals surface area contributed by atoms with Crippen molar-refractivity contribution in [3.8, 4) is 6.07 Å². The van der Waals surface area contributed by atoms with Gasteiger partial charge in [-0.05, 0) is 36.3 Å². The summed E-state index contributed by atoms with van der Waals surface area (Å²) in [6.07, 6.45) is 2.07. The van der Waals surface area contributed by atoms with Crippen LogP contribution in [0.4, 0.5) is 16.3 Å². The molecule has 0 saturated carbocycles. The lowest BCUT2D eigenvalue weighted by atomic mass is 9.74. The van der Waals surface area contributed by atoms with Crippen LogP contribution in [0.3, 0.4) is 0 Å². The molecule has 9 heteroatoms. The van der Waals surface area contributed by atoms with Crippen LogP contribution in [0.2, 0.25) is 0 Å². The lowest BCUT2D eigenvalue weighted by molar-refractivity contribution is 0.0282. The number of primary amides is 1. The lowest BCUT2D eigenvalue weighted by Crippen LogP contribution is -2.52. The number of carboxylic acid groups (broad SMARTS) is 1. The number of amides is 2. The molecule has 1 saturated heterocycles. The first kappa shape index (κ1) is 23.1. The number of anilines is 2. The fourth-order valence-electron chi connectivity index (χ4n) is 4.45. The average Bonchev–Trinajstić information content (AvgIpc) is 3.15. The molecule has 2 unspecified atom stereocenters. The molecular formula is C23H30N6O3. The Hall–Kier alpha value is -3.54. The molecule has 9 nitrogen and oxygen atoms in total. The number of para-hydroxylation sites is 1. The molecule has 4 N–H and O–H groups in total. The summed E-state index contributed by atoms with van der Waals surface area (Å²) in [5.74, 6) is -0.250. The van der Waals surface area contributed by atoms with E-state index in [-0.39, 0.29) is 35.4 Å². The molecule has 0 spiro atoms. The van der Waals surface area contributed by atoms with Gasteiger partial charge in [0.2, 0.25) is 0 Å². The fourth-order valence-corrected chi connectivity index (χ4v) is 4.45. The standard InChI is InChI=1S/C23H30N6O3/c1-23(2,3)19-13-15(10-12-28(19)22(31)32)18(9-11-24)29-14-17(20(25)30)21(27-29)26-16-7-5-4-6-8-16/h4-8,14-15,18-19H,9-10,12-13H2,1-3H3,(H2,25,30)(H,26,27)(H,31,32)/t15?,18-,19?/m0/s1. The van der Waals surface area contributed by atoms with Gasteiger partial charge in [-0.15, -0.1) is 0 Å². The third kappa shape index (κ3) is 5.02. The van der Waals surface area contributed by atoms with E-state index < -0.39 is 12.0 Å². The zero-order chi connectivity index (χ0) is 23.5. The molecule has 1 aliphatic rings. The highest BCUT2D eigenvalue weighted by atomic mass is 16.4. The second-order valence-corrected chi connectivity index (χ2v) is 9.30. The number of carbonyl (C=O) groups excluding carboxylic acids is 1. The Kier molecular flexibility index (Phi) is 6.72. The van der Waals surface area contributed by atoms with Gasteiger partial charge in [-0.25, -0.2) is 4.79 Å². The molecule has 0 bridgehead atoms. The third-order valence-corrected chi connectivity index (χ3v) is 6.11. The van der Waals surface area contributed by atoms with Gasteiger partial charge in [0, 0.05) is 24.5 Å². The first-order valence-corrected chi connectivity index (χ1v) is 10.7. The summed E-state index contributed by atoms with van der Waals surface area (Å²) >= 11 is 0. The minimum atomic E-state index is -0.926. The van der Waals surface area contributed by atoms with E-state index in [4.69, 9.17) is 5.73 Å². The van der Waals surface area contributed by atoms with Gasteiger partial charge in [-0.1, -0.05) is 39.0 Å². The molecule has 0 aliphatic carbocycles. The number of nitriles is 1. The van der Waals surface area contributed by atoms with Crippen LogP contribution >= 0.6 is 0 Å². The van der Waals surface area contributed by atoms with Crippen LogP contribution in [0, 0.1) is 22.7 Å². The van der Waals surface area contributed by atoms with Gasteiger partial charge in [0.1, 0.15) is 5.56 Å². The number of carbonyl (C=O) groups is 2. The van der Waals surface area contributed by atoms with E-state index >= 15 is 0 Å². The quantitative estimate of drug-likeness (QED) is 0.624. The average molecular weight is 439 g/mol. The number of aromatic nitrogens is 2. The maximum absolute atomic E-state index is 12.1. The van der Waals surface area contributed by atoms with Crippen molar-refractivity contribution in [3.05, 3.63) is 42.1 Å². The Morgan fingerprint density at radius 2 is 2.03 bits per heavy atom. The van der Waals surface area contributed by atoms with Crippen LogP contribution in [-0.4, -0.2) is 44.4 Å². The Morgan fingerprint density at radius 3 is 2.59 bits per heavy atom. The molecule has 32 heavy (non-hydrogen) atoms. The molecule has 1 aromatic heterocycles. The zero-order valence-electron chi connectivity index (χ0n) is 18.7. The molecule has 0 radical (unpaired) electrons. The Labute approximate surface area is 187 Å². The van der Waals surface area contributed by atoms with Crippen molar-refractivity contribution in [2.45, 2.75) is 52.1 Å². The van der Waals surface area contributed by atoms with E-state index in [9.17, 15) is 20.0 Å². The van der Waals surface area contributed by atoms with Gasteiger partial charge in [0.15, 0.2) is 5.82 Å². The van der Waals surface area contributed by atoms with Crippen molar-refractivity contribution in [3.63, 3.8) is 0 Å². The van der Waals surface area contributed by atoms with E-state index in [1.807, 2.05) is 51.1 Å². The van der Waals surface area contributed by atoms with Gasteiger partial charge in [0.05, 0.1) is 18.5 Å². The molecule has 1 fully saturated rings. The van der Waals surface area contributed by atoms with Crippen LogP contribution in [0.15, 0.2) is 36.5 Å². The van der Waals surface area contributed by atoms with Crippen molar-refractivity contribution in [2.75, 3.05) is 11.9 Å². The van der Waals surface area contributed by atoms with Crippen molar-refractivity contribution in [1.29, 1.82) is 5.26 Å². The van der Waals surface area contributed by atoms with Crippen molar-refractivity contribution >= 4 is 23.5 Å². The number of hydrogen-bond donors (Lipinski definition) is 3. The number of likely N-dealkylation sites (tertiary alicyclic amines) is 1. The maximum Gasteiger partial charge on any atom is 0.407 e. The minimum absolute atomic E-state index is 0.0275. The predicted octanol–water partition coefficient (Wildman–Crippen LogP) is 3.99. The Morgan fingerprint density at radius 1 is 1.34 bits per heavy atom. The van der Waals surface area contributed by atoms with Crippen LogP contribution in [0.5, 0.6) is 0 Å². The van der Waals surface area contributed by atoms with Gasteiger partial charge < -0.3 is 21.1 Å². The molecule has 3 rings (SSSR count). The van der Waals surface area contributed by atoms with Gasteiger partial charge in [0.25, 0.3) is 5.91 Å². The number of rotatable bonds is 6. The molecule has 2 aromatic rings. The van der Waals surface area contributed by atoms with Crippen LogP contribution in [-0.2, 0) is 0 Å². The Bertz CT molecular complexity index is 1000. The fraction of sp³-hybridized carbons (Fsp3) is 0.478. The first-order chi connectivity index (χ1) is 15.1. The van der Waals surface area contributed by atoms with Crippen molar-refractivity contribution in [1.82, 2.24) is 14.7 Å². The second-order valence-electron chi connectivity index (χ2n) is 9.30. The van der Waals surface area contributed by atoms with E-state index in [1.165, 1.54) is 4.90 Å². The van der Waals surface area contributed by atoms with Crippen molar-refractivity contribution < 1.29 is 14.7 Å². The van der Waals surface area contributed by atoms with E-state index in [2.05, 4.69) is 16.5 Å². The SMILES string of the molecule is CC(C)(C)C1CC([C@H](CC#N)n2cc(C(N)=O)c(Nc3ccccc3)n2)CCN1C(=O)O. The first-order valence-electron chi connectivity index (χ1n) is 10.7. The highest BCUT2D eigenvalue weighted by molar-refractivity contribution is 5.98. The van der Waals surface area contributed by atoms with Gasteiger partial charge in [-0.3, -0.25) is 9.48 Å². The van der Waals surface area contributed by atoms with Gasteiger partial charge >= 0.3 is 6.09 Å². The van der Waals surface area contributed by atoms with Gasteiger partial charge in [-0.2, -0.15) is 10.4 Å². The number of nitrogens with zero attached hydrogens (tertiary/aromatic N) is 4. The number of nitrogens with one attached hydrogen (secondary N) is 1. The molecule has 2 amide bonds. The highest BCUT2D eigenvalue weighted by Crippen LogP contribution is 2.40. The smallest absolute Gasteiger partial charge is 0.407 e. The van der Waals surface area contributed by atoms with Crippen LogP contribution < -0.4 is 11.1 Å². The van der Waals surface area contributed by atoms with E-state index in [1.54, 1.807) is 10.9 Å².